The van der Waals surface area contributed by atoms with Gasteiger partial charge in [-0.1, -0.05) is 6.07 Å². The number of carboxylic acids is 1. The average Bonchev–Trinajstić information content (AvgIpc) is 2.16. The Hall–Kier alpha value is -1.91. The molecule has 4 nitrogen and oxygen atoms in total. The summed E-state index contributed by atoms with van der Waals surface area (Å²) < 4.78 is 17.6. The van der Waals surface area contributed by atoms with Gasteiger partial charge in [0, 0.05) is 0 Å². The molecular formula is C9H7FO4. The molecule has 1 aromatic rings. The molecule has 0 amide bonds. The summed E-state index contributed by atoms with van der Waals surface area (Å²) in [7, 11) is 1.16. The first-order chi connectivity index (χ1) is 6.57. The van der Waals surface area contributed by atoms with Crippen molar-refractivity contribution in [2.24, 2.45) is 0 Å². The molecule has 0 spiro atoms. The molecule has 0 aliphatic rings. The number of para-hydroxylation sites is 1. The summed E-state index contributed by atoms with van der Waals surface area (Å²) in [4.78, 5) is 21.4. The lowest BCUT2D eigenvalue weighted by molar-refractivity contribution is -0.131. The molecule has 0 atom stereocenters. The van der Waals surface area contributed by atoms with Crippen molar-refractivity contribution in [3.8, 4) is 5.75 Å². The van der Waals surface area contributed by atoms with E-state index in [-0.39, 0.29) is 11.3 Å². The van der Waals surface area contributed by atoms with Crippen LogP contribution >= 0.6 is 0 Å². The number of aliphatic carboxylic acids is 1. The van der Waals surface area contributed by atoms with E-state index in [2.05, 4.69) is 4.74 Å². The number of hydrogen-bond donors (Lipinski definition) is 1. The zero-order chi connectivity index (χ0) is 10.7. The average molecular weight is 198 g/mol. The number of hydrogen-bond acceptors (Lipinski definition) is 3. The lowest BCUT2D eigenvalue weighted by Crippen LogP contribution is -2.14. The number of methoxy groups -OCH3 is 1. The lowest BCUT2D eigenvalue weighted by atomic mass is 10.1. The molecule has 5 heteroatoms. The maximum Gasteiger partial charge on any atom is 0.377 e. The molecule has 14 heavy (non-hydrogen) atoms. The number of Topliss-reactive ketones (excluding diaryl/α,β-unsaturated/α-hetero) is 1. The predicted molar refractivity (Wildman–Crippen MR) is 44.9 cm³/mol. The minimum Gasteiger partial charge on any atom is -0.493 e. The van der Waals surface area contributed by atoms with Gasteiger partial charge in [0.15, 0.2) is 11.6 Å². The zero-order valence-corrected chi connectivity index (χ0v) is 7.28. The van der Waals surface area contributed by atoms with Crippen molar-refractivity contribution >= 4 is 11.8 Å². The number of benzene rings is 1. The number of carbonyl (C=O) groups excluding carboxylic acids is 1. The van der Waals surface area contributed by atoms with Crippen LogP contribution in [0.1, 0.15) is 10.4 Å². The molecular weight excluding hydrogens is 191 g/mol. The molecule has 74 valence electrons. The van der Waals surface area contributed by atoms with Crippen molar-refractivity contribution in [2.75, 3.05) is 7.11 Å². The summed E-state index contributed by atoms with van der Waals surface area (Å²) in [6.07, 6.45) is 0. The van der Waals surface area contributed by atoms with E-state index in [1.807, 2.05) is 0 Å². The maximum absolute atomic E-state index is 13.0. The number of carboxylic acid groups (broad SMARTS) is 1. The van der Waals surface area contributed by atoms with Crippen LogP contribution in [-0.4, -0.2) is 24.0 Å². The Morgan fingerprint density at radius 3 is 2.57 bits per heavy atom. The summed E-state index contributed by atoms with van der Waals surface area (Å²) in [6, 6.07) is 3.52. The Morgan fingerprint density at radius 2 is 2.07 bits per heavy atom. The Labute approximate surface area is 78.9 Å². The third kappa shape index (κ3) is 1.71. The Balaban J connectivity index is 3.27. The zero-order valence-electron chi connectivity index (χ0n) is 7.28. The molecule has 0 saturated heterocycles. The van der Waals surface area contributed by atoms with Crippen LogP contribution in [0.5, 0.6) is 5.75 Å². The summed E-state index contributed by atoms with van der Waals surface area (Å²) >= 11 is 0. The van der Waals surface area contributed by atoms with E-state index >= 15 is 0 Å². The highest BCUT2D eigenvalue weighted by Crippen LogP contribution is 2.22. The van der Waals surface area contributed by atoms with Crippen LogP contribution in [-0.2, 0) is 4.79 Å². The van der Waals surface area contributed by atoms with E-state index < -0.39 is 17.6 Å². The molecule has 0 radical (unpaired) electrons. The molecule has 0 aliphatic carbocycles. The summed E-state index contributed by atoms with van der Waals surface area (Å²) in [5.41, 5.74) is -0.292. The topological polar surface area (TPSA) is 63.6 Å². The lowest BCUT2D eigenvalue weighted by Gasteiger charge is -2.05. The smallest absolute Gasteiger partial charge is 0.377 e. The molecule has 1 aromatic carbocycles. The summed E-state index contributed by atoms with van der Waals surface area (Å²) in [5.74, 6) is -3.95. The monoisotopic (exact) mass is 198 g/mol. The number of ether oxygens (including phenoxy) is 1. The molecule has 1 N–H and O–H groups in total. The highest BCUT2D eigenvalue weighted by Gasteiger charge is 2.21. The Bertz CT molecular complexity index is 386. The van der Waals surface area contributed by atoms with Gasteiger partial charge in [0.25, 0.3) is 5.78 Å². The minimum absolute atomic E-state index is 0.292. The second-order valence-corrected chi connectivity index (χ2v) is 2.45. The van der Waals surface area contributed by atoms with Crippen LogP contribution < -0.4 is 4.74 Å². The van der Waals surface area contributed by atoms with Crippen LogP contribution in [0.15, 0.2) is 18.2 Å². The largest absolute Gasteiger partial charge is 0.493 e. The third-order valence-electron chi connectivity index (χ3n) is 1.61. The highest BCUT2D eigenvalue weighted by atomic mass is 19.1. The fourth-order valence-electron chi connectivity index (χ4n) is 1.01. The quantitative estimate of drug-likeness (QED) is 0.583. The molecule has 0 aromatic heterocycles. The maximum atomic E-state index is 13.0. The van der Waals surface area contributed by atoms with Gasteiger partial charge in [-0.05, 0) is 12.1 Å². The summed E-state index contributed by atoms with van der Waals surface area (Å²) in [5, 5.41) is 8.42. The fraction of sp³-hybridized carbons (Fsp3) is 0.111. The SMILES string of the molecule is COc1c(F)cccc1C(=O)C(=O)O. The number of carbonyl (C=O) groups is 2. The number of rotatable bonds is 3. The first-order valence-electron chi connectivity index (χ1n) is 3.68. The van der Waals surface area contributed by atoms with E-state index in [1.165, 1.54) is 12.1 Å². The van der Waals surface area contributed by atoms with Crippen LogP contribution in [0.4, 0.5) is 4.39 Å². The Kier molecular flexibility index (Phi) is 2.81. The van der Waals surface area contributed by atoms with Gasteiger partial charge in [0.1, 0.15) is 0 Å². The van der Waals surface area contributed by atoms with Crippen molar-refractivity contribution in [3.05, 3.63) is 29.6 Å². The standard InChI is InChI=1S/C9H7FO4/c1-14-8-5(7(11)9(12)13)3-2-4-6(8)10/h2-4H,1H3,(H,12,13). The summed E-state index contributed by atoms with van der Waals surface area (Å²) in [6.45, 7) is 0. The Morgan fingerprint density at radius 1 is 1.43 bits per heavy atom. The van der Waals surface area contributed by atoms with Crippen LogP contribution in [0.2, 0.25) is 0 Å². The first-order valence-corrected chi connectivity index (χ1v) is 3.68. The second-order valence-electron chi connectivity index (χ2n) is 2.45. The van der Waals surface area contributed by atoms with Gasteiger partial charge in [-0.2, -0.15) is 0 Å². The second kappa shape index (κ2) is 3.87. The van der Waals surface area contributed by atoms with E-state index in [0.29, 0.717) is 0 Å². The predicted octanol–water partition coefficient (Wildman–Crippen LogP) is 1.10. The van der Waals surface area contributed by atoms with Crippen molar-refractivity contribution in [2.45, 2.75) is 0 Å². The number of halogens is 1. The van der Waals surface area contributed by atoms with Gasteiger partial charge in [-0.25, -0.2) is 9.18 Å². The molecule has 0 fully saturated rings. The molecule has 0 saturated carbocycles. The fourth-order valence-corrected chi connectivity index (χ4v) is 1.01. The van der Waals surface area contributed by atoms with Gasteiger partial charge in [-0.3, -0.25) is 4.79 Å². The van der Waals surface area contributed by atoms with Gasteiger partial charge < -0.3 is 9.84 Å². The van der Waals surface area contributed by atoms with Gasteiger partial charge >= 0.3 is 5.97 Å². The van der Waals surface area contributed by atoms with Crippen molar-refractivity contribution in [1.29, 1.82) is 0 Å². The third-order valence-corrected chi connectivity index (χ3v) is 1.61. The van der Waals surface area contributed by atoms with E-state index in [0.717, 1.165) is 13.2 Å². The normalized spacial score (nSPS) is 9.57. The van der Waals surface area contributed by atoms with Crippen LogP contribution in [0.25, 0.3) is 0 Å². The van der Waals surface area contributed by atoms with E-state index in [4.69, 9.17) is 5.11 Å². The van der Waals surface area contributed by atoms with Crippen molar-refractivity contribution in [3.63, 3.8) is 0 Å². The minimum atomic E-state index is -1.64. The highest BCUT2D eigenvalue weighted by molar-refractivity contribution is 6.40. The molecule has 0 bridgehead atoms. The van der Waals surface area contributed by atoms with E-state index in [1.54, 1.807) is 0 Å². The van der Waals surface area contributed by atoms with Crippen molar-refractivity contribution in [1.82, 2.24) is 0 Å². The van der Waals surface area contributed by atoms with Gasteiger partial charge in [-0.15, -0.1) is 0 Å². The molecule has 0 unspecified atom stereocenters. The number of ketones is 1. The van der Waals surface area contributed by atoms with Crippen LogP contribution in [0, 0.1) is 5.82 Å². The molecule has 0 aliphatic heterocycles. The first kappa shape index (κ1) is 10.2. The van der Waals surface area contributed by atoms with Gasteiger partial charge in [0.2, 0.25) is 0 Å². The van der Waals surface area contributed by atoms with Crippen molar-refractivity contribution < 1.29 is 23.8 Å². The van der Waals surface area contributed by atoms with Gasteiger partial charge in [0.05, 0.1) is 12.7 Å². The molecule has 1 rings (SSSR count). The van der Waals surface area contributed by atoms with E-state index in [9.17, 15) is 14.0 Å². The van der Waals surface area contributed by atoms with Crippen LogP contribution in [0.3, 0.4) is 0 Å². The molecule has 0 heterocycles.